The van der Waals surface area contributed by atoms with Gasteiger partial charge in [-0.25, -0.2) is 0 Å². The van der Waals surface area contributed by atoms with E-state index in [0.717, 1.165) is 11.0 Å². The van der Waals surface area contributed by atoms with E-state index in [1.165, 1.54) is 0 Å². The number of rotatable bonds is 0. The molecule has 1 aromatic heterocycles. The monoisotopic (exact) mass is 267 g/mol. The van der Waals surface area contributed by atoms with Crippen molar-refractivity contribution in [2.45, 2.75) is 0 Å². The van der Waals surface area contributed by atoms with Crippen LogP contribution in [0.1, 0.15) is 0 Å². The Morgan fingerprint density at radius 3 is 2.70 bits per heavy atom. The molecule has 1 aliphatic heterocycles. The van der Waals surface area contributed by atoms with Crippen LogP contribution in [0, 0.1) is 0 Å². The maximum atomic E-state index is 12.8. The molecule has 0 saturated carbocycles. The van der Waals surface area contributed by atoms with Gasteiger partial charge < -0.3 is 14.0 Å². The van der Waals surface area contributed by atoms with Gasteiger partial charge in [0.1, 0.15) is 13.2 Å². The number of hydrogen-bond acceptors (Lipinski definition) is 3. The Bertz CT molecular complexity index is 895. The van der Waals surface area contributed by atoms with Crippen molar-refractivity contribution >= 4 is 21.8 Å². The van der Waals surface area contributed by atoms with Crippen molar-refractivity contribution in [1.29, 1.82) is 0 Å². The van der Waals surface area contributed by atoms with Crippen molar-refractivity contribution in [3.63, 3.8) is 0 Å². The Morgan fingerprint density at radius 2 is 1.80 bits per heavy atom. The molecule has 2 heterocycles. The molecule has 4 rings (SSSR count). The molecule has 0 aliphatic carbocycles. The van der Waals surface area contributed by atoms with Crippen LogP contribution in [0.15, 0.2) is 41.2 Å². The van der Waals surface area contributed by atoms with E-state index in [1.807, 2.05) is 48.0 Å². The van der Waals surface area contributed by atoms with Crippen molar-refractivity contribution in [3.05, 3.63) is 46.6 Å². The molecule has 0 saturated heterocycles. The number of pyridine rings is 1. The average Bonchev–Trinajstić information content (AvgIpc) is 2.51. The molecule has 20 heavy (non-hydrogen) atoms. The largest absolute Gasteiger partial charge is 0.486 e. The number of benzene rings is 2. The fourth-order valence-corrected chi connectivity index (χ4v) is 2.83. The highest BCUT2D eigenvalue weighted by Crippen LogP contribution is 2.36. The molecule has 100 valence electrons. The fraction of sp³-hybridized carbons (Fsp3) is 0.188. The first kappa shape index (κ1) is 11.3. The lowest BCUT2D eigenvalue weighted by Crippen LogP contribution is -2.18. The third kappa shape index (κ3) is 1.39. The van der Waals surface area contributed by atoms with Gasteiger partial charge in [-0.15, -0.1) is 0 Å². The minimum absolute atomic E-state index is 0.00366. The third-order valence-corrected chi connectivity index (χ3v) is 3.79. The first-order valence-corrected chi connectivity index (χ1v) is 6.57. The number of aromatic nitrogens is 1. The molecule has 0 unspecified atom stereocenters. The maximum absolute atomic E-state index is 12.8. The summed E-state index contributed by atoms with van der Waals surface area (Å²) in [6, 6.07) is 11.4. The van der Waals surface area contributed by atoms with E-state index >= 15 is 0 Å². The zero-order chi connectivity index (χ0) is 13.7. The zero-order valence-electron chi connectivity index (χ0n) is 11.1. The summed E-state index contributed by atoms with van der Waals surface area (Å²) in [5.74, 6) is 1.22. The van der Waals surface area contributed by atoms with Crippen LogP contribution in [0.25, 0.3) is 21.8 Å². The second kappa shape index (κ2) is 4.00. The topological polar surface area (TPSA) is 40.5 Å². The van der Waals surface area contributed by atoms with Crippen molar-refractivity contribution in [3.8, 4) is 11.5 Å². The molecule has 4 nitrogen and oxygen atoms in total. The Labute approximate surface area is 115 Å². The van der Waals surface area contributed by atoms with E-state index in [2.05, 4.69) is 0 Å². The van der Waals surface area contributed by atoms with Crippen LogP contribution in [-0.4, -0.2) is 17.8 Å². The highest BCUT2D eigenvalue weighted by atomic mass is 16.6. The lowest BCUT2D eigenvalue weighted by atomic mass is 10.1. The second-order valence-electron chi connectivity index (χ2n) is 4.89. The van der Waals surface area contributed by atoms with Crippen LogP contribution in [0.4, 0.5) is 0 Å². The van der Waals surface area contributed by atoms with Crippen molar-refractivity contribution in [2.75, 3.05) is 13.2 Å². The molecule has 0 spiro atoms. The summed E-state index contributed by atoms with van der Waals surface area (Å²) < 4.78 is 13.3. The predicted octanol–water partition coefficient (Wildman–Crippen LogP) is 2.46. The summed E-state index contributed by atoms with van der Waals surface area (Å²) in [5.41, 5.74) is 1.77. The van der Waals surface area contributed by atoms with E-state index in [1.54, 1.807) is 0 Å². The van der Waals surface area contributed by atoms with Gasteiger partial charge in [0.2, 0.25) is 5.43 Å². The van der Waals surface area contributed by atoms with Crippen LogP contribution < -0.4 is 14.9 Å². The molecular formula is C16H13NO3. The third-order valence-electron chi connectivity index (χ3n) is 3.79. The van der Waals surface area contributed by atoms with Crippen LogP contribution in [0.3, 0.4) is 0 Å². The highest BCUT2D eigenvalue weighted by Gasteiger charge is 2.19. The number of para-hydroxylation sites is 1. The summed E-state index contributed by atoms with van der Waals surface area (Å²) in [6.45, 7) is 0.995. The van der Waals surface area contributed by atoms with Crippen LogP contribution in [0.2, 0.25) is 0 Å². The van der Waals surface area contributed by atoms with Crippen molar-refractivity contribution in [2.24, 2.45) is 7.05 Å². The van der Waals surface area contributed by atoms with Gasteiger partial charge >= 0.3 is 0 Å². The predicted molar refractivity (Wildman–Crippen MR) is 77.7 cm³/mol. The summed E-state index contributed by atoms with van der Waals surface area (Å²) in [6.07, 6.45) is 0. The quantitative estimate of drug-likeness (QED) is 0.587. The van der Waals surface area contributed by atoms with Gasteiger partial charge in [-0.3, -0.25) is 4.79 Å². The smallest absolute Gasteiger partial charge is 0.201 e. The number of nitrogens with zero attached hydrogens (tertiary/aromatic N) is 1. The van der Waals surface area contributed by atoms with Gasteiger partial charge in [-0.1, -0.05) is 12.1 Å². The van der Waals surface area contributed by atoms with Crippen LogP contribution in [-0.2, 0) is 7.05 Å². The summed E-state index contributed by atoms with van der Waals surface area (Å²) >= 11 is 0. The molecule has 3 aromatic rings. The van der Waals surface area contributed by atoms with E-state index in [-0.39, 0.29) is 5.43 Å². The normalized spacial score (nSPS) is 13.8. The standard InChI is InChI=1S/C16H13NO3/c1-17-11-5-3-2-4-10(11)15(18)14-12(17)6-7-13-16(14)20-9-8-19-13/h2-7H,8-9H2,1H3. The first-order chi connectivity index (χ1) is 9.77. The van der Waals surface area contributed by atoms with Gasteiger partial charge in [0.15, 0.2) is 11.5 Å². The molecule has 0 radical (unpaired) electrons. The molecule has 0 fully saturated rings. The van der Waals surface area contributed by atoms with E-state index in [0.29, 0.717) is 35.5 Å². The molecule has 0 bridgehead atoms. The van der Waals surface area contributed by atoms with Gasteiger partial charge in [0, 0.05) is 12.4 Å². The Balaban J connectivity index is 2.27. The van der Waals surface area contributed by atoms with Crippen LogP contribution in [0.5, 0.6) is 11.5 Å². The Kier molecular flexibility index (Phi) is 2.27. The number of ether oxygens (including phenoxy) is 2. The zero-order valence-corrected chi connectivity index (χ0v) is 11.1. The van der Waals surface area contributed by atoms with E-state index in [9.17, 15) is 4.79 Å². The minimum atomic E-state index is -0.00366. The second-order valence-corrected chi connectivity index (χ2v) is 4.89. The number of aryl methyl sites for hydroxylation is 1. The SMILES string of the molecule is Cn1c2ccccc2c(=O)c2c3c(ccc21)OCCO3. The van der Waals surface area contributed by atoms with Gasteiger partial charge in [-0.2, -0.15) is 0 Å². The van der Waals surface area contributed by atoms with E-state index < -0.39 is 0 Å². The molecule has 1 aliphatic rings. The molecule has 2 aromatic carbocycles. The summed E-state index contributed by atoms with van der Waals surface area (Å²) in [4.78, 5) is 12.8. The maximum Gasteiger partial charge on any atom is 0.201 e. The Morgan fingerprint density at radius 1 is 1.00 bits per heavy atom. The first-order valence-electron chi connectivity index (χ1n) is 6.57. The molecule has 0 amide bonds. The highest BCUT2D eigenvalue weighted by molar-refractivity contribution is 5.97. The molecular weight excluding hydrogens is 254 g/mol. The molecule has 0 atom stereocenters. The van der Waals surface area contributed by atoms with Crippen LogP contribution >= 0.6 is 0 Å². The van der Waals surface area contributed by atoms with Crippen molar-refractivity contribution < 1.29 is 9.47 Å². The van der Waals surface area contributed by atoms with Gasteiger partial charge in [-0.05, 0) is 24.3 Å². The van der Waals surface area contributed by atoms with Gasteiger partial charge in [0.05, 0.1) is 16.4 Å². The molecule has 0 N–H and O–H groups in total. The summed E-state index contributed by atoms with van der Waals surface area (Å²) in [5, 5.41) is 1.30. The minimum Gasteiger partial charge on any atom is -0.486 e. The Hall–Kier alpha value is -2.49. The van der Waals surface area contributed by atoms with Crippen molar-refractivity contribution in [1.82, 2.24) is 4.57 Å². The average molecular weight is 267 g/mol. The summed E-state index contributed by atoms with van der Waals surface area (Å²) in [7, 11) is 1.96. The number of hydrogen-bond donors (Lipinski definition) is 0. The lowest BCUT2D eigenvalue weighted by Gasteiger charge is -2.21. The lowest BCUT2D eigenvalue weighted by molar-refractivity contribution is 0.174. The number of fused-ring (bicyclic) bond motifs is 4. The fourth-order valence-electron chi connectivity index (χ4n) is 2.83. The van der Waals surface area contributed by atoms with E-state index in [4.69, 9.17) is 9.47 Å². The molecule has 4 heteroatoms. The van der Waals surface area contributed by atoms with Gasteiger partial charge in [0.25, 0.3) is 0 Å².